The van der Waals surface area contributed by atoms with Crippen LogP contribution in [0.2, 0.25) is 0 Å². The first-order valence-electron chi connectivity index (χ1n) is 9.34. The van der Waals surface area contributed by atoms with Crippen LogP contribution in [0.4, 0.5) is 0 Å². The zero-order valence-corrected chi connectivity index (χ0v) is 15.6. The third-order valence-corrected chi connectivity index (χ3v) is 5.30. The van der Waals surface area contributed by atoms with Gasteiger partial charge >= 0.3 is 0 Å². The van der Waals surface area contributed by atoms with Crippen molar-refractivity contribution >= 4 is 10.9 Å². The van der Waals surface area contributed by atoms with E-state index in [1.165, 1.54) is 22.8 Å². The standard InChI is InChI=1S/C21H20N6O/c1-13-2-3-18-16(6-13)15(9-24-18)10-27-5-4-19-17(11-27)21(28)26-20(25-19)14-7-22-12-23-8-14/h2-3,6-9,12,24H,4-5,10-11H2,1H3,(H,25,26,28). The molecule has 5 rings (SSSR count). The van der Waals surface area contributed by atoms with E-state index in [0.29, 0.717) is 12.4 Å². The van der Waals surface area contributed by atoms with Gasteiger partial charge in [-0.25, -0.2) is 15.0 Å². The van der Waals surface area contributed by atoms with E-state index in [-0.39, 0.29) is 5.56 Å². The molecule has 140 valence electrons. The van der Waals surface area contributed by atoms with Gasteiger partial charge in [0, 0.05) is 55.5 Å². The highest BCUT2D eigenvalue weighted by Gasteiger charge is 2.22. The van der Waals surface area contributed by atoms with Crippen LogP contribution in [0.25, 0.3) is 22.3 Å². The minimum Gasteiger partial charge on any atom is -0.361 e. The van der Waals surface area contributed by atoms with Gasteiger partial charge < -0.3 is 9.97 Å². The zero-order chi connectivity index (χ0) is 19.1. The van der Waals surface area contributed by atoms with Gasteiger partial charge in [0.1, 0.15) is 12.2 Å². The number of benzene rings is 1. The molecule has 0 saturated carbocycles. The summed E-state index contributed by atoms with van der Waals surface area (Å²) in [6, 6.07) is 6.44. The minimum absolute atomic E-state index is 0.0803. The van der Waals surface area contributed by atoms with Crippen molar-refractivity contribution < 1.29 is 0 Å². The van der Waals surface area contributed by atoms with Crippen LogP contribution in [0.15, 0.2) is 47.9 Å². The molecule has 2 N–H and O–H groups in total. The highest BCUT2D eigenvalue weighted by atomic mass is 16.1. The summed E-state index contributed by atoms with van der Waals surface area (Å²) in [6.45, 7) is 4.37. The van der Waals surface area contributed by atoms with E-state index in [1.807, 2.05) is 0 Å². The van der Waals surface area contributed by atoms with Gasteiger partial charge in [-0.2, -0.15) is 0 Å². The summed E-state index contributed by atoms with van der Waals surface area (Å²) < 4.78 is 0. The SMILES string of the molecule is Cc1ccc2[nH]cc(CN3CCc4nc(-c5cncnc5)[nH]c(=O)c4C3)c2c1. The van der Waals surface area contributed by atoms with Crippen LogP contribution in [0, 0.1) is 6.92 Å². The van der Waals surface area contributed by atoms with E-state index in [9.17, 15) is 4.79 Å². The first-order valence-corrected chi connectivity index (χ1v) is 9.34. The Labute approximate surface area is 161 Å². The predicted molar refractivity (Wildman–Crippen MR) is 107 cm³/mol. The first kappa shape index (κ1) is 16.8. The van der Waals surface area contributed by atoms with Crippen LogP contribution in [-0.2, 0) is 19.5 Å². The highest BCUT2D eigenvalue weighted by molar-refractivity contribution is 5.83. The summed E-state index contributed by atoms with van der Waals surface area (Å²) in [4.78, 5) is 33.9. The molecule has 0 saturated heterocycles. The van der Waals surface area contributed by atoms with Crippen molar-refractivity contribution in [2.24, 2.45) is 0 Å². The van der Waals surface area contributed by atoms with Crippen molar-refractivity contribution in [2.75, 3.05) is 6.54 Å². The summed E-state index contributed by atoms with van der Waals surface area (Å²) in [6.07, 6.45) is 7.60. The molecule has 0 fully saturated rings. The fraction of sp³-hybridized carbons (Fsp3) is 0.238. The van der Waals surface area contributed by atoms with Gasteiger partial charge in [0.25, 0.3) is 5.56 Å². The molecule has 0 atom stereocenters. The van der Waals surface area contributed by atoms with Crippen molar-refractivity contribution in [2.45, 2.75) is 26.4 Å². The fourth-order valence-corrected chi connectivity index (χ4v) is 3.84. The number of aryl methyl sites for hydroxylation is 1. The van der Waals surface area contributed by atoms with E-state index in [2.05, 4.69) is 61.1 Å². The van der Waals surface area contributed by atoms with Crippen LogP contribution in [0.1, 0.15) is 22.4 Å². The highest BCUT2D eigenvalue weighted by Crippen LogP contribution is 2.24. The Morgan fingerprint density at radius 2 is 2.07 bits per heavy atom. The average Bonchev–Trinajstić information content (AvgIpc) is 3.11. The van der Waals surface area contributed by atoms with Gasteiger partial charge in [0.2, 0.25) is 0 Å². The first-order chi connectivity index (χ1) is 13.7. The normalized spacial score (nSPS) is 14.3. The number of H-pyrrole nitrogens is 2. The monoisotopic (exact) mass is 372 g/mol. The maximum Gasteiger partial charge on any atom is 0.255 e. The third-order valence-electron chi connectivity index (χ3n) is 5.30. The van der Waals surface area contributed by atoms with Crippen LogP contribution < -0.4 is 5.56 Å². The number of nitrogens with zero attached hydrogens (tertiary/aromatic N) is 4. The number of hydrogen-bond donors (Lipinski definition) is 2. The Bertz CT molecular complexity index is 1210. The number of nitrogens with one attached hydrogen (secondary N) is 2. The lowest BCUT2D eigenvalue weighted by Gasteiger charge is -2.27. The smallest absolute Gasteiger partial charge is 0.255 e. The topological polar surface area (TPSA) is 90.6 Å². The van der Waals surface area contributed by atoms with Crippen LogP contribution in [0.3, 0.4) is 0 Å². The second-order valence-electron chi connectivity index (χ2n) is 7.29. The third kappa shape index (κ3) is 2.99. The van der Waals surface area contributed by atoms with Crippen molar-refractivity contribution in [3.8, 4) is 11.4 Å². The molecule has 0 spiro atoms. The molecule has 1 aromatic carbocycles. The van der Waals surface area contributed by atoms with Gasteiger partial charge in [0.15, 0.2) is 0 Å². The number of rotatable bonds is 3. The maximum absolute atomic E-state index is 12.7. The molecule has 7 nitrogen and oxygen atoms in total. The lowest BCUT2D eigenvalue weighted by molar-refractivity contribution is 0.242. The van der Waals surface area contributed by atoms with Gasteiger partial charge in [-0.15, -0.1) is 0 Å². The summed E-state index contributed by atoms with van der Waals surface area (Å²) >= 11 is 0. The molecule has 28 heavy (non-hydrogen) atoms. The predicted octanol–water partition coefficient (Wildman–Crippen LogP) is 2.57. The molecule has 4 heterocycles. The van der Waals surface area contributed by atoms with Crippen LogP contribution in [0.5, 0.6) is 0 Å². The number of aromatic amines is 2. The molecule has 0 unspecified atom stereocenters. The second kappa shape index (κ2) is 6.69. The summed E-state index contributed by atoms with van der Waals surface area (Å²) in [5, 5.41) is 1.25. The van der Waals surface area contributed by atoms with Gasteiger partial charge in [-0.1, -0.05) is 11.6 Å². The number of fused-ring (bicyclic) bond motifs is 2. The summed E-state index contributed by atoms with van der Waals surface area (Å²) in [7, 11) is 0. The average molecular weight is 372 g/mol. The van der Waals surface area contributed by atoms with E-state index in [1.54, 1.807) is 12.4 Å². The number of aromatic nitrogens is 5. The second-order valence-corrected chi connectivity index (χ2v) is 7.29. The molecule has 4 aromatic rings. The van der Waals surface area contributed by atoms with E-state index < -0.39 is 0 Å². The Balaban J connectivity index is 1.42. The Hall–Kier alpha value is -3.32. The molecule has 0 bridgehead atoms. The largest absolute Gasteiger partial charge is 0.361 e. The zero-order valence-electron chi connectivity index (χ0n) is 15.6. The van der Waals surface area contributed by atoms with E-state index >= 15 is 0 Å². The van der Waals surface area contributed by atoms with E-state index in [4.69, 9.17) is 0 Å². The summed E-state index contributed by atoms with van der Waals surface area (Å²) in [5.41, 5.74) is 5.91. The molecule has 0 aliphatic carbocycles. The Kier molecular flexibility index (Phi) is 4.02. The molecule has 1 aliphatic rings. The summed E-state index contributed by atoms with van der Waals surface area (Å²) in [5.74, 6) is 0.532. The van der Waals surface area contributed by atoms with Crippen LogP contribution >= 0.6 is 0 Å². The molecule has 1 aliphatic heterocycles. The van der Waals surface area contributed by atoms with Gasteiger partial charge in [-0.3, -0.25) is 9.69 Å². The van der Waals surface area contributed by atoms with Crippen molar-refractivity contribution in [1.29, 1.82) is 0 Å². The quantitative estimate of drug-likeness (QED) is 0.577. The van der Waals surface area contributed by atoms with Gasteiger partial charge in [0.05, 0.1) is 16.8 Å². The molecule has 3 aromatic heterocycles. The molecule has 7 heteroatoms. The Morgan fingerprint density at radius 3 is 2.93 bits per heavy atom. The molecular weight excluding hydrogens is 352 g/mol. The lowest BCUT2D eigenvalue weighted by Crippen LogP contribution is -2.35. The lowest BCUT2D eigenvalue weighted by atomic mass is 10.0. The van der Waals surface area contributed by atoms with Crippen molar-refractivity contribution in [3.63, 3.8) is 0 Å². The number of hydrogen-bond acceptors (Lipinski definition) is 5. The van der Waals surface area contributed by atoms with Crippen molar-refractivity contribution in [1.82, 2.24) is 29.8 Å². The molecule has 0 radical (unpaired) electrons. The van der Waals surface area contributed by atoms with Crippen molar-refractivity contribution in [3.05, 3.63) is 75.9 Å². The molecule has 0 amide bonds. The van der Waals surface area contributed by atoms with E-state index in [0.717, 1.165) is 41.8 Å². The minimum atomic E-state index is -0.0803. The van der Waals surface area contributed by atoms with Crippen LogP contribution in [-0.4, -0.2) is 36.4 Å². The van der Waals surface area contributed by atoms with Gasteiger partial charge in [-0.05, 0) is 24.6 Å². The maximum atomic E-state index is 12.7. The Morgan fingerprint density at radius 1 is 1.21 bits per heavy atom. The molecular formula is C21H20N6O. The fourth-order valence-electron chi connectivity index (χ4n) is 3.84.